The topological polar surface area (TPSA) is 77.3 Å². The summed E-state index contributed by atoms with van der Waals surface area (Å²) >= 11 is 0. The second-order valence-corrected chi connectivity index (χ2v) is 4.61. The van der Waals surface area contributed by atoms with Gasteiger partial charge < -0.3 is 9.64 Å². The summed E-state index contributed by atoms with van der Waals surface area (Å²) in [6.45, 7) is 0.144. The van der Waals surface area contributed by atoms with E-state index in [0.717, 1.165) is 5.56 Å². The molecule has 0 bridgehead atoms. The molecule has 21 heavy (non-hydrogen) atoms. The molecule has 0 saturated carbocycles. The fraction of sp³-hybridized carbons (Fsp3) is 0.286. The van der Waals surface area contributed by atoms with Gasteiger partial charge in [-0.15, -0.1) is 0 Å². The lowest BCUT2D eigenvalue weighted by molar-refractivity contribution is -0.129. The molecular weight excluding hydrogens is 272 g/mol. The van der Waals surface area contributed by atoms with E-state index >= 15 is 0 Å². The first-order valence-electron chi connectivity index (χ1n) is 6.28. The number of likely N-dealkylation sites (N-methyl/N-ethyl adjacent to an activating group) is 1. The Morgan fingerprint density at radius 1 is 1.48 bits per heavy atom. The van der Waals surface area contributed by atoms with Gasteiger partial charge in [0.1, 0.15) is 6.54 Å². The largest absolute Gasteiger partial charge is 0.480 e. The minimum absolute atomic E-state index is 0.0624. The first-order chi connectivity index (χ1) is 10.1. The van der Waals surface area contributed by atoms with Gasteiger partial charge in [0, 0.05) is 37.6 Å². The van der Waals surface area contributed by atoms with Crippen molar-refractivity contribution in [2.24, 2.45) is 0 Å². The molecular formula is C14H16N4O3. The highest BCUT2D eigenvalue weighted by Gasteiger charge is 2.14. The van der Waals surface area contributed by atoms with Gasteiger partial charge in [0.2, 0.25) is 11.8 Å². The number of nitrogens with zero attached hydrogens (tertiary/aromatic N) is 4. The standard InChI is InChI=1S/C14H16N4O3/c1-17(2)13(20)8-18-7-10(6-16-18)11-4-5-15-14(21-3)12(11)9-19/h4-7,9H,8H2,1-3H3. The second-order valence-electron chi connectivity index (χ2n) is 4.61. The predicted octanol–water partition coefficient (Wildman–Crippen LogP) is 0.854. The van der Waals surface area contributed by atoms with Crippen molar-refractivity contribution >= 4 is 12.2 Å². The van der Waals surface area contributed by atoms with Crippen LogP contribution in [0.5, 0.6) is 5.88 Å². The number of hydrogen-bond donors (Lipinski definition) is 0. The van der Waals surface area contributed by atoms with E-state index in [2.05, 4.69) is 10.1 Å². The van der Waals surface area contributed by atoms with E-state index in [1.54, 1.807) is 38.8 Å². The van der Waals surface area contributed by atoms with Crippen molar-refractivity contribution in [2.45, 2.75) is 6.54 Å². The summed E-state index contributed by atoms with van der Waals surface area (Å²) in [6, 6.07) is 1.71. The molecule has 0 aliphatic rings. The second kappa shape index (κ2) is 6.17. The van der Waals surface area contributed by atoms with E-state index in [4.69, 9.17) is 4.74 Å². The van der Waals surface area contributed by atoms with Crippen LogP contribution in [0.25, 0.3) is 11.1 Å². The lowest BCUT2D eigenvalue weighted by Crippen LogP contribution is -2.26. The van der Waals surface area contributed by atoms with Gasteiger partial charge >= 0.3 is 0 Å². The summed E-state index contributed by atoms with van der Waals surface area (Å²) in [5.74, 6) is 0.201. The summed E-state index contributed by atoms with van der Waals surface area (Å²) in [6.07, 6.45) is 5.57. The lowest BCUT2D eigenvalue weighted by Gasteiger charge is -2.09. The van der Waals surface area contributed by atoms with Gasteiger partial charge in [-0.1, -0.05) is 0 Å². The number of amides is 1. The van der Waals surface area contributed by atoms with Crippen LogP contribution in [0, 0.1) is 0 Å². The molecule has 1 amide bonds. The van der Waals surface area contributed by atoms with Crippen molar-refractivity contribution < 1.29 is 14.3 Å². The van der Waals surface area contributed by atoms with Crippen molar-refractivity contribution in [3.05, 3.63) is 30.2 Å². The Morgan fingerprint density at radius 2 is 2.24 bits per heavy atom. The third-order valence-corrected chi connectivity index (χ3v) is 3.01. The molecule has 2 rings (SSSR count). The van der Waals surface area contributed by atoms with Crippen LogP contribution in [0.3, 0.4) is 0 Å². The number of rotatable bonds is 5. The zero-order chi connectivity index (χ0) is 15.4. The maximum atomic E-state index is 11.7. The van der Waals surface area contributed by atoms with Crippen LogP contribution in [0.1, 0.15) is 10.4 Å². The number of carbonyl (C=O) groups excluding carboxylic acids is 2. The van der Waals surface area contributed by atoms with Crippen molar-refractivity contribution in [3.63, 3.8) is 0 Å². The van der Waals surface area contributed by atoms with Crippen LogP contribution < -0.4 is 4.74 Å². The van der Waals surface area contributed by atoms with Crippen molar-refractivity contribution in [1.29, 1.82) is 0 Å². The zero-order valence-electron chi connectivity index (χ0n) is 12.1. The summed E-state index contributed by atoms with van der Waals surface area (Å²) in [5.41, 5.74) is 1.75. The number of pyridine rings is 1. The number of aldehydes is 1. The van der Waals surface area contributed by atoms with Crippen molar-refractivity contribution in [2.75, 3.05) is 21.2 Å². The Kier molecular flexibility index (Phi) is 4.32. The zero-order valence-corrected chi connectivity index (χ0v) is 12.1. The Morgan fingerprint density at radius 3 is 2.86 bits per heavy atom. The number of ether oxygens (including phenoxy) is 1. The molecule has 110 valence electrons. The van der Waals surface area contributed by atoms with E-state index in [1.807, 2.05) is 0 Å². The SMILES string of the molecule is COc1nccc(-c2cnn(CC(=O)N(C)C)c2)c1C=O. The number of methoxy groups -OCH3 is 1. The molecule has 0 saturated heterocycles. The Bertz CT molecular complexity index is 664. The molecule has 0 N–H and O–H groups in total. The summed E-state index contributed by atoms with van der Waals surface area (Å²) in [4.78, 5) is 28.4. The molecule has 2 aromatic heterocycles. The van der Waals surface area contributed by atoms with Crippen LogP contribution in [0.4, 0.5) is 0 Å². The van der Waals surface area contributed by atoms with Gasteiger partial charge in [0.15, 0.2) is 6.29 Å². The van der Waals surface area contributed by atoms with E-state index in [0.29, 0.717) is 17.4 Å². The van der Waals surface area contributed by atoms with Gasteiger partial charge in [0.05, 0.1) is 18.9 Å². The third-order valence-electron chi connectivity index (χ3n) is 3.01. The van der Waals surface area contributed by atoms with Crippen molar-refractivity contribution in [3.8, 4) is 17.0 Å². The quantitative estimate of drug-likeness (QED) is 0.762. The lowest BCUT2D eigenvalue weighted by atomic mass is 10.1. The summed E-state index contributed by atoms with van der Waals surface area (Å²) in [5, 5.41) is 4.14. The Balaban J connectivity index is 2.34. The highest BCUT2D eigenvalue weighted by atomic mass is 16.5. The van der Waals surface area contributed by atoms with Gasteiger partial charge in [-0.2, -0.15) is 5.10 Å². The molecule has 0 unspecified atom stereocenters. The highest BCUT2D eigenvalue weighted by molar-refractivity contribution is 5.89. The molecule has 0 radical (unpaired) electrons. The fourth-order valence-electron chi connectivity index (χ4n) is 1.85. The maximum absolute atomic E-state index is 11.7. The molecule has 7 heteroatoms. The van der Waals surface area contributed by atoms with E-state index < -0.39 is 0 Å². The van der Waals surface area contributed by atoms with Gasteiger partial charge in [-0.25, -0.2) is 4.98 Å². The van der Waals surface area contributed by atoms with E-state index in [9.17, 15) is 9.59 Å². The molecule has 0 aliphatic heterocycles. The third kappa shape index (κ3) is 3.07. The fourth-order valence-corrected chi connectivity index (χ4v) is 1.85. The van der Waals surface area contributed by atoms with Crippen LogP contribution >= 0.6 is 0 Å². The molecule has 0 aromatic carbocycles. The van der Waals surface area contributed by atoms with Crippen molar-refractivity contribution in [1.82, 2.24) is 19.7 Å². The Hall–Kier alpha value is -2.70. The molecule has 2 aromatic rings. The average Bonchev–Trinajstić information content (AvgIpc) is 2.94. The molecule has 7 nitrogen and oxygen atoms in total. The number of hydrogen-bond acceptors (Lipinski definition) is 5. The smallest absolute Gasteiger partial charge is 0.243 e. The maximum Gasteiger partial charge on any atom is 0.243 e. The molecule has 0 atom stereocenters. The summed E-state index contributed by atoms with van der Waals surface area (Å²) in [7, 11) is 4.83. The average molecular weight is 288 g/mol. The number of carbonyl (C=O) groups is 2. The van der Waals surface area contributed by atoms with Crippen LogP contribution in [-0.2, 0) is 11.3 Å². The van der Waals surface area contributed by atoms with Gasteiger partial charge in [0.25, 0.3) is 0 Å². The summed E-state index contributed by atoms with van der Waals surface area (Å²) < 4.78 is 6.60. The van der Waals surface area contributed by atoms with Gasteiger partial charge in [-0.3, -0.25) is 14.3 Å². The molecule has 0 fully saturated rings. The highest BCUT2D eigenvalue weighted by Crippen LogP contribution is 2.27. The first-order valence-corrected chi connectivity index (χ1v) is 6.28. The molecule has 0 aliphatic carbocycles. The van der Waals surface area contributed by atoms with E-state index in [1.165, 1.54) is 16.7 Å². The minimum Gasteiger partial charge on any atom is -0.480 e. The normalized spacial score (nSPS) is 10.2. The Labute approximate surface area is 122 Å². The monoisotopic (exact) mass is 288 g/mol. The first kappa shape index (κ1) is 14.7. The van der Waals surface area contributed by atoms with E-state index in [-0.39, 0.29) is 18.3 Å². The van der Waals surface area contributed by atoms with Crippen LogP contribution in [0.15, 0.2) is 24.7 Å². The van der Waals surface area contributed by atoms with Gasteiger partial charge in [-0.05, 0) is 6.07 Å². The van der Waals surface area contributed by atoms with Crippen LogP contribution in [0.2, 0.25) is 0 Å². The molecule has 0 spiro atoms. The molecule has 2 heterocycles. The number of aromatic nitrogens is 3. The van der Waals surface area contributed by atoms with Crippen LogP contribution in [-0.4, -0.2) is 53.1 Å². The predicted molar refractivity (Wildman–Crippen MR) is 76.1 cm³/mol. The minimum atomic E-state index is -0.0624.